The Kier molecular flexibility index (Phi) is 20.3. The summed E-state index contributed by atoms with van der Waals surface area (Å²) in [4.78, 5) is 27.2. The molecule has 0 aliphatic carbocycles. The second kappa shape index (κ2) is 28.1. The summed E-state index contributed by atoms with van der Waals surface area (Å²) in [6.07, 6.45) is 17.6. The Hall–Kier alpha value is -7.68. The molecule has 0 saturated carbocycles. The minimum absolute atomic E-state index is 0.211. The number of fused-ring (bicyclic) bond motifs is 1. The van der Waals surface area contributed by atoms with Crippen LogP contribution in [0.25, 0.3) is 10.2 Å². The van der Waals surface area contributed by atoms with Crippen molar-refractivity contribution in [1.29, 1.82) is 0 Å². The Morgan fingerprint density at radius 1 is 0.775 bits per heavy atom. The first-order valence-electron chi connectivity index (χ1n) is 23.7. The number of aromatic nitrogens is 1. The SMILES string of the molecule is C#CC(=O)OCCCOc1ccc(CCOCc2ccc(OCc3ccc(C#Cc4ccc(OCCCOC(=O)C=C)cc4)cc3)cc2/C=N/N(CC/C=C/CCC2CO2)c2nc3ccccc3s2)cc1. The number of benzene rings is 5. The molecular formula is C58H57N3O9S. The third-order valence-electron chi connectivity index (χ3n) is 10.8. The quantitative estimate of drug-likeness (QED) is 0.00536. The van der Waals surface area contributed by atoms with Crippen LogP contribution in [0.15, 0.2) is 145 Å². The summed E-state index contributed by atoms with van der Waals surface area (Å²) < 4.78 is 40.5. The van der Waals surface area contributed by atoms with Crippen LogP contribution in [0.1, 0.15) is 65.5 Å². The lowest BCUT2D eigenvalue weighted by molar-refractivity contribution is -0.138. The number of anilines is 1. The third-order valence-corrected chi connectivity index (χ3v) is 11.9. The van der Waals surface area contributed by atoms with Gasteiger partial charge in [-0.2, -0.15) is 5.10 Å². The average Bonchev–Trinajstić information content (AvgIpc) is 4.14. The molecule has 1 atom stereocenters. The molecular weight excluding hydrogens is 915 g/mol. The standard InChI is InChI=1S/C58H57N3O9S/c1-3-56(62)67-36-11-34-65-50-27-22-45(23-28-50)17-16-44-18-20-47(21-19-44)41-69-52-31-26-48(42-64-38-32-46-24-29-51(30-25-46)66-35-12-37-68-57(63)4-2)49(39-52)40-59-61(33-10-6-5-7-13-53-43-70-53)58-60-54-14-8-9-15-55(54)71-58/h2-3,5-6,8-9,14-15,18-31,39-40,53H,1,7,10-13,32-38,41-43H2/b6-5+,59-40+. The summed E-state index contributed by atoms with van der Waals surface area (Å²) in [5, 5.41) is 7.85. The van der Waals surface area contributed by atoms with Crippen molar-refractivity contribution in [3.05, 3.63) is 173 Å². The first kappa shape index (κ1) is 51.2. The fraction of sp³-hybridized carbons (Fsp3) is 0.276. The zero-order valence-electron chi connectivity index (χ0n) is 39.7. The number of terminal acetylenes is 1. The van der Waals surface area contributed by atoms with Crippen LogP contribution in [-0.4, -0.2) is 75.4 Å². The third kappa shape index (κ3) is 18.0. The Bertz CT molecular complexity index is 2780. The van der Waals surface area contributed by atoms with Crippen LogP contribution in [-0.2, 0) is 48.2 Å². The van der Waals surface area contributed by atoms with Crippen LogP contribution < -0.4 is 19.2 Å². The van der Waals surface area contributed by atoms with Crippen molar-refractivity contribution < 1.29 is 42.7 Å². The smallest absolute Gasteiger partial charge is 0.384 e. The van der Waals surface area contributed by atoms with E-state index in [0.717, 1.165) is 92.2 Å². The number of hydrazone groups is 1. The van der Waals surface area contributed by atoms with E-state index in [9.17, 15) is 9.59 Å². The molecule has 1 unspecified atom stereocenters. The lowest BCUT2D eigenvalue weighted by atomic mass is 10.1. The predicted molar refractivity (Wildman–Crippen MR) is 278 cm³/mol. The van der Waals surface area contributed by atoms with E-state index in [1.165, 1.54) is 0 Å². The number of carbonyl (C=O) groups excluding carboxylic acids is 2. The molecule has 13 heteroatoms. The van der Waals surface area contributed by atoms with Crippen LogP contribution >= 0.6 is 11.3 Å². The highest BCUT2D eigenvalue weighted by Crippen LogP contribution is 2.29. The molecule has 6 aromatic rings. The zero-order valence-corrected chi connectivity index (χ0v) is 40.5. The van der Waals surface area contributed by atoms with Gasteiger partial charge in [0.25, 0.3) is 0 Å². The number of esters is 2. The van der Waals surface area contributed by atoms with E-state index in [2.05, 4.69) is 36.6 Å². The number of nitrogens with zero attached hydrogens (tertiary/aromatic N) is 3. The maximum absolute atomic E-state index is 11.2. The first-order chi connectivity index (χ1) is 34.9. The Balaban J connectivity index is 0.974. The summed E-state index contributed by atoms with van der Waals surface area (Å²) >= 11 is 1.62. The van der Waals surface area contributed by atoms with Gasteiger partial charge < -0.3 is 33.2 Å². The molecule has 0 spiro atoms. The van der Waals surface area contributed by atoms with E-state index in [1.54, 1.807) is 11.3 Å². The molecule has 5 aromatic carbocycles. The molecule has 71 heavy (non-hydrogen) atoms. The molecule has 1 fully saturated rings. The van der Waals surface area contributed by atoms with Gasteiger partial charge in [-0.05, 0) is 115 Å². The molecule has 1 aliphatic heterocycles. The van der Waals surface area contributed by atoms with Gasteiger partial charge in [0, 0.05) is 48.1 Å². The van der Waals surface area contributed by atoms with Crippen LogP contribution in [0, 0.1) is 24.2 Å². The van der Waals surface area contributed by atoms with Gasteiger partial charge in [-0.15, -0.1) is 6.42 Å². The predicted octanol–water partition coefficient (Wildman–Crippen LogP) is 10.4. The van der Waals surface area contributed by atoms with Crippen molar-refractivity contribution in [3.63, 3.8) is 0 Å². The largest absolute Gasteiger partial charge is 0.493 e. The number of thiazole rings is 1. The number of hydrogen-bond donors (Lipinski definition) is 0. The Morgan fingerprint density at radius 3 is 2.14 bits per heavy atom. The van der Waals surface area contributed by atoms with Crippen LogP contribution in [0.3, 0.4) is 0 Å². The topological polar surface area (TPSA) is 131 Å². The zero-order chi connectivity index (χ0) is 49.3. The molecule has 0 N–H and O–H groups in total. The van der Waals surface area contributed by atoms with Crippen molar-refractivity contribution in [2.45, 2.75) is 57.8 Å². The number of allylic oxidation sites excluding steroid dienone is 1. The number of rotatable bonds is 28. The van der Waals surface area contributed by atoms with Crippen molar-refractivity contribution in [2.24, 2.45) is 5.10 Å². The fourth-order valence-electron chi connectivity index (χ4n) is 6.86. The Morgan fingerprint density at radius 2 is 1.44 bits per heavy atom. The van der Waals surface area contributed by atoms with E-state index in [4.69, 9.17) is 49.7 Å². The minimum atomic E-state index is -0.671. The normalized spacial score (nSPS) is 12.7. The number of ether oxygens (including phenoxy) is 7. The van der Waals surface area contributed by atoms with Gasteiger partial charge >= 0.3 is 11.9 Å². The molecule has 12 nitrogen and oxygen atoms in total. The van der Waals surface area contributed by atoms with Gasteiger partial charge in [-0.1, -0.05) is 84.4 Å². The van der Waals surface area contributed by atoms with Gasteiger partial charge in [0.2, 0.25) is 5.13 Å². The maximum atomic E-state index is 11.2. The first-order valence-corrected chi connectivity index (χ1v) is 24.5. The number of carbonyl (C=O) groups is 2. The molecule has 0 bridgehead atoms. The van der Waals surface area contributed by atoms with E-state index in [-0.39, 0.29) is 13.2 Å². The molecule has 2 heterocycles. The molecule has 364 valence electrons. The number of para-hydroxylation sites is 1. The monoisotopic (exact) mass is 971 g/mol. The van der Waals surface area contributed by atoms with Gasteiger partial charge in [-0.25, -0.2) is 19.6 Å². The summed E-state index contributed by atoms with van der Waals surface area (Å²) in [5.74, 6) is 9.43. The minimum Gasteiger partial charge on any atom is -0.493 e. The van der Waals surface area contributed by atoms with Crippen molar-refractivity contribution in [3.8, 4) is 41.4 Å². The molecule has 7 rings (SSSR count). The molecule has 1 aliphatic rings. The highest BCUT2D eigenvalue weighted by Gasteiger charge is 2.20. The van der Waals surface area contributed by atoms with Crippen molar-refractivity contribution >= 4 is 44.8 Å². The summed E-state index contributed by atoms with van der Waals surface area (Å²) in [7, 11) is 0. The molecule has 1 aromatic heterocycles. The molecule has 1 saturated heterocycles. The van der Waals surface area contributed by atoms with E-state index in [0.29, 0.717) is 70.7 Å². The fourth-order valence-corrected chi connectivity index (χ4v) is 7.81. The summed E-state index contributed by atoms with van der Waals surface area (Å²) in [5.41, 5.74) is 6.65. The van der Waals surface area contributed by atoms with Crippen LogP contribution in [0.2, 0.25) is 0 Å². The van der Waals surface area contributed by atoms with Gasteiger partial charge in [-0.3, -0.25) is 0 Å². The number of hydrogen-bond acceptors (Lipinski definition) is 13. The number of epoxide rings is 1. The Labute approximate surface area is 419 Å². The van der Waals surface area contributed by atoms with E-state index >= 15 is 0 Å². The van der Waals surface area contributed by atoms with Crippen molar-refractivity contribution in [2.75, 3.05) is 51.2 Å². The maximum Gasteiger partial charge on any atom is 0.384 e. The van der Waals surface area contributed by atoms with Crippen LogP contribution in [0.4, 0.5) is 5.13 Å². The van der Waals surface area contributed by atoms with E-state index in [1.807, 2.05) is 126 Å². The second-order valence-corrected chi connectivity index (χ2v) is 17.3. The molecule has 0 radical (unpaired) electrons. The van der Waals surface area contributed by atoms with Gasteiger partial charge in [0.05, 0.1) is 68.8 Å². The lowest BCUT2D eigenvalue weighted by Gasteiger charge is -2.16. The highest BCUT2D eigenvalue weighted by molar-refractivity contribution is 7.22. The average molecular weight is 972 g/mol. The second-order valence-electron chi connectivity index (χ2n) is 16.2. The van der Waals surface area contributed by atoms with Crippen molar-refractivity contribution in [1.82, 2.24) is 4.98 Å². The molecule has 0 amide bonds. The van der Waals surface area contributed by atoms with Crippen LogP contribution in [0.5, 0.6) is 17.2 Å². The van der Waals surface area contributed by atoms with E-state index < -0.39 is 11.9 Å². The lowest BCUT2D eigenvalue weighted by Crippen LogP contribution is -2.17. The van der Waals surface area contributed by atoms with Gasteiger partial charge in [0.1, 0.15) is 23.9 Å². The highest BCUT2D eigenvalue weighted by atomic mass is 32.1. The van der Waals surface area contributed by atoms with Gasteiger partial charge in [0.15, 0.2) is 0 Å². The summed E-state index contributed by atoms with van der Waals surface area (Å²) in [6, 6.07) is 37.6. The summed E-state index contributed by atoms with van der Waals surface area (Å²) in [6.45, 7) is 7.48.